The summed E-state index contributed by atoms with van der Waals surface area (Å²) in [4.78, 5) is 19.7. The lowest BCUT2D eigenvalue weighted by Crippen LogP contribution is -2.39. The number of carbonyl (C=O) groups excluding carboxylic acids is 1. The standard InChI is InChI=1S/C19H19BrN4O2S/c1-3-5-13-15(18(25)26-4-2)16(11-6-8-12(20)9-7-11)24-17(22)14(10-21)27-19(24)23-13/h6-9,16H,3-5,22H2,1-2H3/t16-/m0/s1. The van der Waals surface area contributed by atoms with E-state index in [1.54, 1.807) is 11.8 Å². The minimum atomic E-state index is -0.482. The molecule has 2 aliphatic rings. The van der Waals surface area contributed by atoms with E-state index < -0.39 is 12.0 Å². The molecule has 1 atom stereocenters. The summed E-state index contributed by atoms with van der Waals surface area (Å²) in [5, 5.41) is 10.0. The van der Waals surface area contributed by atoms with Gasteiger partial charge in [-0.3, -0.25) is 4.90 Å². The van der Waals surface area contributed by atoms with Gasteiger partial charge in [-0.15, -0.1) is 0 Å². The van der Waals surface area contributed by atoms with E-state index in [0.29, 0.717) is 33.6 Å². The Morgan fingerprint density at radius 3 is 2.70 bits per heavy atom. The van der Waals surface area contributed by atoms with Crippen LogP contribution in [0.15, 0.2) is 55.7 Å². The molecule has 140 valence electrons. The highest BCUT2D eigenvalue weighted by atomic mass is 79.9. The van der Waals surface area contributed by atoms with Gasteiger partial charge in [-0.05, 0) is 42.8 Å². The Labute approximate surface area is 170 Å². The number of hydrogen-bond donors (Lipinski definition) is 1. The Bertz CT molecular complexity index is 899. The summed E-state index contributed by atoms with van der Waals surface area (Å²) in [6.07, 6.45) is 1.47. The second-order valence-electron chi connectivity index (χ2n) is 5.98. The summed E-state index contributed by atoms with van der Waals surface area (Å²) in [6.45, 7) is 4.08. The van der Waals surface area contributed by atoms with Gasteiger partial charge in [0.1, 0.15) is 16.8 Å². The molecule has 0 radical (unpaired) electrons. The van der Waals surface area contributed by atoms with Gasteiger partial charge in [0.05, 0.1) is 23.9 Å². The Morgan fingerprint density at radius 1 is 1.41 bits per heavy atom. The quantitative estimate of drug-likeness (QED) is 0.681. The second-order valence-corrected chi connectivity index (χ2v) is 7.87. The van der Waals surface area contributed by atoms with Crippen molar-refractivity contribution in [2.24, 2.45) is 10.7 Å². The molecule has 2 N–H and O–H groups in total. The lowest BCUT2D eigenvalue weighted by molar-refractivity contribution is -0.139. The first-order valence-electron chi connectivity index (χ1n) is 8.63. The summed E-state index contributed by atoms with van der Waals surface area (Å²) < 4.78 is 6.27. The van der Waals surface area contributed by atoms with Gasteiger partial charge < -0.3 is 10.5 Å². The van der Waals surface area contributed by atoms with Crippen molar-refractivity contribution < 1.29 is 9.53 Å². The number of rotatable bonds is 5. The Balaban J connectivity index is 2.21. The average Bonchev–Trinajstić information content (AvgIpc) is 2.97. The van der Waals surface area contributed by atoms with E-state index in [1.165, 1.54) is 11.8 Å². The number of nitriles is 1. The highest BCUT2D eigenvalue weighted by molar-refractivity contribution is 9.10. The first-order valence-corrected chi connectivity index (χ1v) is 10.2. The molecular formula is C19H19BrN4O2S. The summed E-state index contributed by atoms with van der Waals surface area (Å²) in [7, 11) is 0. The number of nitrogens with two attached hydrogens (primary N) is 1. The maximum Gasteiger partial charge on any atom is 0.338 e. The van der Waals surface area contributed by atoms with Gasteiger partial charge in [-0.25, -0.2) is 9.79 Å². The van der Waals surface area contributed by atoms with Crippen LogP contribution in [-0.2, 0) is 9.53 Å². The van der Waals surface area contributed by atoms with Crippen LogP contribution in [0.4, 0.5) is 0 Å². The van der Waals surface area contributed by atoms with E-state index in [-0.39, 0.29) is 6.61 Å². The third-order valence-corrected chi connectivity index (χ3v) is 5.74. The number of esters is 1. The van der Waals surface area contributed by atoms with Gasteiger partial charge in [-0.1, -0.05) is 41.4 Å². The number of hydrogen-bond acceptors (Lipinski definition) is 7. The summed E-state index contributed by atoms with van der Waals surface area (Å²) in [5.74, 6) is -0.0913. The van der Waals surface area contributed by atoms with Gasteiger partial charge in [0, 0.05) is 4.47 Å². The molecule has 8 heteroatoms. The Hall–Kier alpha value is -2.24. The largest absolute Gasteiger partial charge is 0.463 e. The SMILES string of the molecule is CCCC1=C(C(=O)OCC)[C@H](c2ccc(Br)cc2)N2C(=N1)SC(C#N)=C2N. The number of aliphatic imine (C=N–C) groups is 1. The van der Waals surface area contributed by atoms with E-state index in [4.69, 9.17) is 10.5 Å². The third-order valence-electron chi connectivity index (χ3n) is 4.23. The molecule has 1 aromatic rings. The van der Waals surface area contributed by atoms with Gasteiger partial charge in [0.2, 0.25) is 0 Å². The number of thioether (sulfide) groups is 1. The molecule has 6 nitrogen and oxygen atoms in total. The number of nitrogens with zero attached hydrogens (tertiary/aromatic N) is 3. The first-order chi connectivity index (χ1) is 13.0. The van der Waals surface area contributed by atoms with Gasteiger partial charge in [0.15, 0.2) is 5.17 Å². The van der Waals surface area contributed by atoms with E-state index in [9.17, 15) is 10.1 Å². The zero-order chi connectivity index (χ0) is 19.6. The van der Waals surface area contributed by atoms with Crippen LogP contribution < -0.4 is 5.73 Å². The lowest BCUT2D eigenvalue weighted by Gasteiger charge is -2.35. The van der Waals surface area contributed by atoms with Gasteiger partial charge in [0.25, 0.3) is 0 Å². The molecule has 0 spiro atoms. The van der Waals surface area contributed by atoms with E-state index >= 15 is 0 Å². The Kier molecular flexibility index (Phi) is 5.92. The van der Waals surface area contributed by atoms with Crippen LogP contribution in [0.3, 0.4) is 0 Å². The molecule has 3 rings (SSSR count). The maximum atomic E-state index is 12.9. The normalized spacial score (nSPS) is 19.0. The molecule has 0 bridgehead atoms. The summed E-state index contributed by atoms with van der Waals surface area (Å²) in [6, 6.07) is 9.33. The summed E-state index contributed by atoms with van der Waals surface area (Å²) >= 11 is 4.68. The number of halogens is 1. The van der Waals surface area contributed by atoms with Crippen molar-refractivity contribution in [2.45, 2.75) is 32.7 Å². The fraction of sp³-hybridized carbons (Fsp3) is 0.316. The fourth-order valence-corrected chi connectivity index (χ4v) is 4.25. The molecule has 2 aliphatic heterocycles. The van der Waals surface area contributed by atoms with Crippen LogP contribution in [0, 0.1) is 11.3 Å². The minimum absolute atomic E-state index is 0.273. The smallest absolute Gasteiger partial charge is 0.338 e. The number of carbonyl (C=O) groups is 1. The number of fused-ring (bicyclic) bond motifs is 1. The van der Waals surface area contributed by atoms with Crippen molar-refractivity contribution in [1.82, 2.24) is 4.90 Å². The van der Waals surface area contributed by atoms with Crippen LogP contribution in [-0.4, -0.2) is 22.6 Å². The van der Waals surface area contributed by atoms with Crippen molar-refractivity contribution >= 4 is 38.8 Å². The average molecular weight is 447 g/mol. The molecule has 27 heavy (non-hydrogen) atoms. The third kappa shape index (κ3) is 3.62. The summed E-state index contributed by atoms with van der Waals surface area (Å²) in [5.41, 5.74) is 8.30. The molecule has 0 saturated carbocycles. The molecule has 0 amide bonds. The van der Waals surface area contributed by atoms with Crippen molar-refractivity contribution in [1.29, 1.82) is 5.26 Å². The van der Waals surface area contributed by atoms with Crippen molar-refractivity contribution in [2.75, 3.05) is 6.61 Å². The number of amidine groups is 1. The second kappa shape index (κ2) is 8.19. The molecule has 0 unspecified atom stereocenters. The van der Waals surface area contributed by atoms with Gasteiger partial charge in [-0.2, -0.15) is 5.26 Å². The zero-order valence-corrected chi connectivity index (χ0v) is 17.4. The predicted octanol–water partition coefficient (Wildman–Crippen LogP) is 4.18. The van der Waals surface area contributed by atoms with Gasteiger partial charge >= 0.3 is 5.97 Å². The lowest BCUT2D eigenvalue weighted by atomic mass is 9.93. The van der Waals surface area contributed by atoms with Crippen LogP contribution >= 0.6 is 27.7 Å². The number of benzene rings is 1. The zero-order valence-electron chi connectivity index (χ0n) is 15.0. The van der Waals surface area contributed by atoms with Crippen molar-refractivity contribution in [3.63, 3.8) is 0 Å². The Morgan fingerprint density at radius 2 is 2.11 bits per heavy atom. The monoisotopic (exact) mass is 446 g/mol. The minimum Gasteiger partial charge on any atom is -0.463 e. The van der Waals surface area contributed by atoms with E-state index in [2.05, 4.69) is 27.0 Å². The molecule has 2 heterocycles. The molecule has 0 aliphatic carbocycles. The van der Waals surface area contributed by atoms with Crippen LogP contribution in [0.5, 0.6) is 0 Å². The highest BCUT2D eigenvalue weighted by Gasteiger charge is 2.43. The number of allylic oxidation sites excluding steroid dienone is 2. The van der Waals surface area contributed by atoms with Crippen molar-refractivity contribution in [3.05, 3.63) is 56.3 Å². The first kappa shape index (κ1) is 19.5. The molecule has 0 saturated heterocycles. The highest BCUT2D eigenvalue weighted by Crippen LogP contribution is 2.46. The van der Waals surface area contributed by atoms with E-state index in [1.807, 2.05) is 31.2 Å². The predicted molar refractivity (Wildman–Crippen MR) is 109 cm³/mol. The molecule has 0 aromatic heterocycles. The van der Waals surface area contributed by atoms with Crippen LogP contribution in [0.25, 0.3) is 0 Å². The maximum absolute atomic E-state index is 12.9. The van der Waals surface area contributed by atoms with Crippen LogP contribution in [0.1, 0.15) is 38.3 Å². The van der Waals surface area contributed by atoms with E-state index in [0.717, 1.165) is 16.5 Å². The topological polar surface area (TPSA) is 91.7 Å². The molecular weight excluding hydrogens is 428 g/mol. The molecule has 1 aromatic carbocycles. The fourth-order valence-electron chi connectivity index (χ4n) is 3.10. The van der Waals surface area contributed by atoms with Crippen molar-refractivity contribution in [3.8, 4) is 6.07 Å². The number of ether oxygens (including phenoxy) is 1. The van der Waals surface area contributed by atoms with Crippen LogP contribution in [0.2, 0.25) is 0 Å². The molecule has 0 fully saturated rings.